The minimum Gasteiger partial charge on any atom is -0.481 e. The smallest absolute Gasteiger partial charge is 0.265 e. The number of carbonyl (C=O) groups is 1. The number of anilines is 2. The number of carbonyl (C=O) groups excluding carboxylic acids is 1. The van der Waals surface area contributed by atoms with Crippen LogP contribution >= 0.6 is 0 Å². The second-order valence-electron chi connectivity index (χ2n) is 5.85. The van der Waals surface area contributed by atoms with Crippen molar-refractivity contribution in [3.63, 3.8) is 0 Å². The third kappa shape index (κ3) is 5.40. The van der Waals surface area contributed by atoms with Crippen LogP contribution in [-0.4, -0.2) is 33.7 Å². The van der Waals surface area contributed by atoms with Crippen LogP contribution in [0.4, 0.5) is 20.2 Å². The van der Waals surface area contributed by atoms with Crippen LogP contribution in [0, 0.1) is 11.6 Å². The fraction of sp³-hybridized carbons (Fsp3) is 0.278. The molecule has 0 heterocycles. The third-order valence-corrected chi connectivity index (χ3v) is 5.03. The molecule has 2 aromatic rings. The Morgan fingerprint density at radius 1 is 1.19 bits per heavy atom. The predicted octanol–water partition coefficient (Wildman–Crippen LogP) is 3.16. The number of hydrogen-bond acceptors (Lipinski definition) is 4. The molecule has 0 saturated heterocycles. The lowest BCUT2D eigenvalue weighted by Crippen LogP contribution is -2.32. The Labute approximate surface area is 156 Å². The van der Waals surface area contributed by atoms with Gasteiger partial charge < -0.3 is 10.1 Å². The van der Waals surface area contributed by atoms with Crippen LogP contribution in [0.5, 0.6) is 5.75 Å². The molecule has 1 atom stereocenters. The molecule has 146 valence electrons. The van der Waals surface area contributed by atoms with Gasteiger partial charge in [-0.15, -0.1) is 0 Å². The van der Waals surface area contributed by atoms with Crippen molar-refractivity contribution in [2.45, 2.75) is 19.4 Å². The van der Waals surface area contributed by atoms with Gasteiger partial charge in [-0.1, -0.05) is 6.92 Å². The molecule has 0 aliphatic heterocycles. The Morgan fingerprint density at radius 3 is 2.33 bits per heavy atom. The number of nitrogens with one attached hydrogen (secondary N) is 1. The highest BCUT2D eigenvalue weighted by Gasteiger charge is 2.20. The summed E-state index contributed by atoms with van der Waals surface area (Å²) in [5, 5.41) is 2.37. The topological polar surface area (TPSA) is 75.7 Å². The zero-order valence-corrected chi connectivity index (χ0v) is 15.9. The molecule has 0 aliphatic rings. The van der Waals surface area contributed by atoms with Gasteiger partial charge in [0.05, 0.1) is 17.6 Å². The fourth-order valence-electron chi connectivity index (χ4n) is 2.22. The van der Waals surface area contributed by atoms with Crippen molar-refractivity contribution in [1.82, 2.24) is 0 Å². The van der Waals surface area contributed by atoms with Crippen LogP contribution in [0.3, 0.4) is 0 Å². The van der Waals surface area contributed by atoms with Crippen molar-refractivity contribution in [3.8, 4) is 5.75 Å². The van der Waals surface area contributed by atoms with E-state index in [9.17, 15) is 22.0 Å². The number of amides is 1. The molecule has 0 bridgehead atoms. The average Bonchev–Trinajstić information content (AvgIpc) is 2.61. The maximum absolute atomic E-state index is 13.7. The van der Waals surface area contributed by atoms with E-state index in [0.717, 1.165) is 22.7 Å². The number of nitrogens with zero attached hydrogens (tertiary/aromatic N) is 1. The SMILES string of the molecule is CC[C@@H](Oc1ccc(N(C)S(C)(=O)=O)cc1)C(=O)Nc1ccc(F)cc1F. The van der Waals surface area contributed by atoms with E-state index in [0.29, 0.717) is 23.9 Å². The molecule has 0 aromatic heterocycles. The second kappa shape index (κ2) is 8.34. The van der Waals surface area contributed by atoms with Crippen LogP contribution in [0.1, 0.15) is 13.3 Å². The molecule has 0 aliphatic carbocycles. The largest absolute Gasteiger partial charge is 0.481 e. The third-order valence-electron chi connectivity index (χ3n) is 3.83. The first-order valence-corrected chi connectivity index (χ1v) is 9.93. The minimum absolute atomic E-state index is 0.145. The van der Waals surface area contributed by atoms with Gasteiger partial charge in [0.15, 0.2) is 6.10 Å². The summed E-state index contributed by atoms with van der Waals surface area (Å²) in [5.41, 5.74) is 0.296. The maximum Gasteiger partial charge on any atom is 0.265 e. The molecule has 2 aromatic carbocycles. The van der Waals surface area contributed by atoms with E-state index < -0.39 is 33.7 Å². The van der Waals surface area contributed by atoms with Crippen molar-refractivity contribution < 1.29 is 26.7 Å². The molecule has 9 heteroatoms. The number of benzene rings is 2. The molecular formula is C18H20F2N2O4S. The van der Waals surface area contributed by atoms with E-state index in [1.54, 1.807) is 19.1 Å². The molecule has 1 N–H and O–H groups in total. The molecule has 0 radical (unpaired) electrons. The number of hydrogen-bond donors (Lipinski definition) is 1. The molecule has 0 saturated carbocycles. The highest BCUT2D eigenvalue weighted by atomic mass is 32.2. The van der Waals surface area contributed by atoms with E-state index in [1.165, 1.54) is 19.2 Å². The van der Waals surface area contributed by atoms with Gasteiger partial charge in [-0.3, -0.25) is 9.10 Å². The van der Waals surface area contributed by atoms with Gasteiger partial charge in [0.25, 0.3) is 5.91 Å². The van der Waals surface area contributed by atoms with Gasteiger partial charge in [0.2, 0.25) is 10.0 Å². The summed E-state index contributed by atoms with van der Waals surface area (Å²) in [6.45, 7) is 1.72. The molecule has 27 heavy (non-hydrogen) atoms. The monoisotopic (exact) mass is 398 g/mol. The lowest BCUT2D eigenvalue weighted by molar-refractivity contribution is -0.122. The summed E-state index contributed by atoms with van der Waals surface area (Å²) >= 11 is 0. The lowest BCUT2D eigenvalue weighted by Gasteiger charge is -2.19. The van der Waals surface area contributed by atoms with Gasteiger partial charge in [0.1, 0.15) is 17.4 Å². The molecule has 0 fully saturated rings. The van der Waals surface area contributed by atoms with E-state index in [-0.39, 0.29) is 5.69 Å². The summed E-state index contributed by atoms with van der Waals surface area (Å²) in [6.07, 6.45) is 0.483. The summed E-state index contributed by atoms with van der Waals surface area (Å²) in [7, 11) is -1.96. The van der Waals surface area contributed by atoms with Crippen molar-refractivity contribution in [1.29, 1.82) is 0 Å². The van der Waals surface area contributed by atoms with Crippen molar-refractivity contribution in [2.24, 2.45) is 0 Å². The normalized spacial score (nSPS) is 12.3. The number of halogens is 2. The fourth-order valence-corrected chi connectivity index (χ4v) is 2.72. The average molecular weight is 398 g/mol. The van der Waals surface area contributed by atoms with E-state index >= 15 is 0 Å². The lowest BCUT2D eigenvalue weighted by atomic mass is 10.2. The van der Waals surface area contributed by atoms with Gasteiger partial charge in [0, 0.05) is 13.1 Å². The predicted molar refractivity (Wildman–Crippen MR) is 99.4 cm³/mol. The van der Waals surface area contributed by atoms with Gasteiger partial charge in [-0.2, -0.15) is 0 Å². The Balaban J connectivity index is 2.08. The van der Waals surface area contributed by atoms with Crippen LogP contribution in [0.2, 0.25) is 0 Å². The number of rotatable bonds is 7. The molecule has 0 spiro atoms. The van der Waals surface area contributed by atoms with Gasteiger partial charge in [-0.25, -0.2) is 17.2 Å². The maximum atomic E-state index is 13.7. The van der Waals surface area contributed by atoms with Crippen molar-refractivity contribution >= 4 is 27.3 Å². The second-order valence-corrected chi connectivity index (χ2v) is 7.87. The summed E-state index contributed by atoms with van der Waals surface area (Å²) in [5.74, 6) is -1.86. The summed E-state index contributed by atoms with van der Waals surface area (Å²) < 4.78 is 56.4. The molecule has 6 nitrogen and oxygen atoms in total. The Morgan fingerprint density at radius 2 is 1.81 bits per heavy atom. The standard InChI is InChI=1S/C18H20F2N2O4S/c1-4-17(18(23)21-16-10-5-12(19)11-15(16)20)26-14-8-6-13(7-9-14)22(2)27(3,24)25/h5-11,17H,4H2,1-3H3,(H,21,23)/t17-/m1/s1. The number of ether oxygens (including phenoxy) is 1. The zero-order chi connectivity index (χ0) is 20.2. The number of sulfonamides is 1. The van der Waals surface area contributed by atoms with E-state index in [2.05, 4.69) is 5.32 Å². The first-order chi connectivity index (χ1) is 12.6. The van der Waals surface area contributed by atoms with E-state index in [4.69, 9.17) is 4.74 Å². The van der Waals surface area contributed by atoms with Crippen LogP contribution in [-0.2, 0) is 14.8 Å². The Hall–Kier alpha value is -2.68. The van der Waals surface area contributed by atoms with E-state index in [1.807, 2.05) is 0 Å². The highest BCUT2D eigenvalue weighted by molar-refractivity contribution is 7.92. The quantitative estimate of drug-likeness (QED) is 0.777. The summed E-state index contributed by atoms with van der Waals surface area (Å²) in [4.78, 5) is 12.3. The molecule has 2 rings (SSSR count). The highest BCUT2D eigenvalue weighted by Crippen LogP contribution is 2.22. The molecule has 1 amide bonds. The molecule has 0 unspecified atom stereocenters. The first kappa shape index (κ1) is 20.6. The van der Waals surface area contributed by atoms with Gasteiger partial charge in [-0.05, 0) is 42.8 Å². The minimum atomic E-state index is -3.39. The van der Waals surface area contributed by atoms with Gasteiger partial charge >= 0.3 is 0 Å². The zero-order valence-electron chi connectivity index (χ0n) is 15.1. The molecular weight excluding hydrogens is 378 g/mol. The Bertz CT molecular complexity index is 917. The van der Waals surface area contributed by atoms with Crippen LogP contribution in [0.15, 0.2) is 42.5 Å². The Kier molecular flexibility index (Phi) is 6.37. The van der Waals surface area contributed by atoms with Crippen LogP contribution < -0.4 is 14.4 Å². The van der Waals surface area contributed by atoms with Crippen molar-refractivity contribution in [2.75, 3.05) is 22.9 Å². The van der Waals surface area contributed by atoms with Crippen molar-refractivity contribution in [3.05, 3.63) is 54.1 Å². The first-order valence-electron chi connectivity index (χ1n) is 8.08. The summed E-state index contributed by atoms with van der Waals surface area (Å²) in [6, 6.07) is 9.00. The van der Waals surface area contributed by atoms with Crippen LogP contribution in [0.25, 0.3) is 0 Å².